The van der Waals surface area contributed by atoms with E-state index >= 15 is 0 Å². The zero-order valence-corrected chi connectivity index (χ0v) is 13.8. The third-order valence-electron chi connectivity index (χ3n) is 3.66. The number of rotatable bonds is 2. The number of carbonyl (C=O) groups is 1. The molecule has 0 bridgehead atoms. The number of amides is 1. The molecule has 1 atom stereocenters. The number of nitrogens with one attached hydrogen (secondary N) is 1. The average molecular weight is 317 g/mol. The summed E-state index contributed by atoms with van der Waals surface area (Å²) in [6.45, 7) is 7.38. The minimum atomic E-state index is -0.511. The van der Waals surface area contributed by atoms with Gasteiger partial charge < -0.3 is 14.8 Å². The van der Waals surface area contributed by atoms with Crippen molar-refractivity contribution in [3.8, 4) is 0 Å². The van der Waals surface area contributed by atoms with E-state index in [-0.39, 0.29) is 6.10 Å². The molecule has 1 unspecified atom stereocenters. The number of hydrogen-bond donors (Lipinski definition) is 1. The van der Waals surface area contributed by atoms with E-state index in [1.165, 1.54) is 0 Å². The molecule has 3 rings (SSSR count). The monoisotopic (exact) mass is 317 g/mol. The third kappa shape index (κ3) is 3.64. The van der Waals surface area contributed by atoms with Crippen LogP contribution in [0.4, 0.5) is 4.79 Å². The van der Waals surface area contributed by atoms with Crippen LogP contribution in [0.2, 0.25) is 0 Å². The standard InChI is InChI=1S/C17H23N3O3/c1-17(2,3)23-16(21)18-11-14-15-12-7-4-5-8-13(12)19-20(15)9-6-10-22-14/h4-5,7-8,14H,6,9-11H2,1-3H3,(H,18,21). The Morgan fingerprint density at radius 3 is 3.00 bits per heavy atom. The molecule has 1 aromatic heterocycles. The maximum absolute atomic E-state index is 11.9. The number of carbonyl (C=O) groups excluding carboxylic acids is 1. The van der Waals surface area contributed by atoms with Gasteiger partial charge in [-0.3, -0.25) is 4.68 Å². The Bertz CT molecular complexity index is 703. The highest BCUT2D eigenvalue weighted by molar-refractivity contribution is 5.82. The van der Waals surface area contributed by atoms with Gasteiger partial charge in [-0.05, 0) is 33.3 Å². The molecule has 2 heterocycles. The molecule has 0 fully saturated rings. The average Bonchev–Trinajstić information content (AvgIpc) is 2.71. The smallest absolute Gasteiger partial charge is 0.407 e. The first-order valence-electron chi connectivity index (χ1n) is 7.98. The number of benzene rings is 1. The summed E-state index contributed by atoms with van der Waals surface area (Å²) in [4.78, 5) is 11.9. The van der Waals surface area contributed by atoms with Gasteiger partial charge in [0.05, 0.1) is 17.8 Å². The lowest BCUT2D eigenvalue weighted by Crippen LogP contribution is -2.35. The number of aromatic nitrogens is 2. The van der Waals surface area contributed by atoms with Crippen LogP contribution in [0.15, 0.2) is 24.3 Å². The molecule has 1 aliphatic heterocycles. The van der Waals surface area contributed by atoms with E-state index in [1.54, 1.807) is 0 Å². The van der Waals surface area contributed by atoms with E-state index in [2.05, 4.69) is 10.4 Å². The molecule has 124 valence electrons. The van der Waals surface area contributed by atoms with Crippen LogP contribution in [0.5, 0.6) is 0 Å². The van der Waals surface area contributed by atoms with Gasteiger partial charge in [-0.15, -0.1) is 0 Å². The first-order valence-corrected chi connectivity index (χ1v) is 7.98. The second-order valence-electron chi connectivity index (χ2n) is 6.72. The molecule has 2 aromatic rings. The first kappa shape index (κ1) is 15.8. The van der Waals surface area contributed by atoms with E-state index < -0.39 is 11.7 Å². The molecule has 0 spiro atoms. The Kier molecular flexibility index (Phi) is 4.26. The van der Waals surface area contributed by atoms with Gasteiger partial charge in [0.25, 0.3) is 0 Å². The fraction of sp³-hybridized carbons (Fsp3) is 0.529. The molecule has 6 heteroatoms. The molecule has 1 aliphatic rings. The summed E-state index contributed by atoms with van der Waals surface area (Å²) in [6, 6.07) is 8.01. The van der Waals surface area contributed by atoms with Crippen LogP contribution in [-0.4, -0.2) is 34.6 Å². The highest BCUT2D eigenvalue weighted by Gasteiger charge is 2.25. The van der Waals surface area contributed by atoms with Gasteiger partial charge in [0.1, 0.15) is 11.7 Å². The lowest BCUT2D eigenvalue weighted by molar-refractivity contribution is 0.0359. The zero-order valence-electron chi connectivity index (χ0n) is 13.8. The fourth-order valence-corrected chi connectivity index (χ4v) is 2.78. The van der Waals surface area contributed by atoms with E-state index in [4.69, 9.17) is 9.47 Å². The SMILES string of the molecule is CC(C)(C)OC(=O)NCC1OCCCn2nc3ccccc3c21. The molecule has 6 nitrogen and oxygen atoms in total. The number of aryl methyl sites for hydroxylation is 1. The molecule has 0 radical (unpaired) electrons. The van der Waals surface area contributed by atoms with Crippen molar-refractivity contribution in [1.29, 1.82) is 0 Å². The molecule has 0 saturated heterocycles. The Morgan fingerprint density at radius 2 is 2.22 bits per heavy atom. The van der Waals surface area contributed by atoms with Crippen LogP contribution in [0.1, 0.15) is 39.0 Å². The number of fused-ring (bicyclic) bond motifs is 3. The van der Waals surface area contributed by atoms with Crippen molar-refractivity contribution in [2.45, 2.75) is 45.4 Å². The van der Waals surface area contributed by atoms with Crippen LogP contribution in [0, 0.1) is 0 Å². The number of alkyl carbamates (subject to hydrolysis) is 1. The van der Waals surface area contributed by atoms with Gasteiger partial charge in [-0.2, -0.15) is 5.10 Å². The van der Waals surface area contributed by atoms with Gasteiger partial charge >= 0.3 is 6.09 Å². The topological polar surface area (TPSA) is 65.4 Å². The van der Waals surface area contributed by atoms with Crippen molar-refractivity contribution < 1.29 is 14.3 Å². The zero-order chi connectivity index (χ0) is 16.4. The largest absolute Gasteiger partial charge is 0.444 e. The molecule has 1 aromatic carbocycles. The van der Waals surface area contributed by atoms with Crippen LogP contribution in [0.3, 0.4) is 0 Å². The van der Waals surface area contributed by atoms with Crippen molar-refractivity contribution in [2.24, 2.45) is 0 Å². The molecular weight excluding hydrogens is 294 g/mol. The summed E-state index contributed by atoms with van der Waals surface area (Å²) in [5.41, 5.74) is 1.47. The Morgan fingerprint density at radius 1 is 1.43 bits per heavy atom. The molecule has 23 heavy (non-hydrogen) atoms. The third-order valence-corrected chi connectivity index (χ3v) is 3.66. The Balaban J connectivity index is 1.80. The fourth-order valence-electron chi connectivity index (χ4n) is 2.78. The highest BCUT2D eigenvalue weighted by atomic mass is 16.6. The Labute approximate surface area is 135 Å². The predicted molar refractivity (Wildman–Crippen MR) is 87.3 cm³/mol. The van der Waals surface area contributed by atoms with Crippen molar-refractivity contribution >= 4 is 17.0 Å². The van der Waals surface area contributed by atoms with E-state index in [0.717, 1.165) is 29.6 Å². The van der Waals surface area contributed by atoms with Gasteiger partial charge in [-0.25, -0.2) is 4.79 Å². The first-order chi connectivity index (χ1) is 10.9. The molecule has 1 amide bonds. The number of nitrogens with zero attached hydrogens (tertiary/aromatic N) is 2. The van der Waals surface area contributed by atoms with Crippen LogP contribution in [-0.2, 0) is 16.0 Å². The molecular formula is C17H23N3O3. The van der Waals surface area contributed by atoms with Crippen molar-refractivity contribution in [1.82, 2.24) is 15.1 Å². The lowest BCUT2D eigenvalue weighted by Gasteiger charge is -2.22. The maximum Gasteiger partial charge on any atom is 0.407 e. The van der Waals surface area contributed by atoms with E-state index in [1.807, 2.05) is 49.7 Å². The second kappa shape index (κ2) is 6.20. The summed E-state index contributed by atoms with van der Waals surface area (Å²) < 4.78 is 13.2. The van der Waals surface area contributed by atoms with Gasteiger partial charge in [0.15, 0.2) is 0 Å². The van der Waals surface area contributed by atoms with Gasteiger partial charge in [0.2, 0.25) is 0 Å². The summed E-state index contributed by atoms with van der Waals surface area (Å²) >= 11 is 0. The van der Waals surface area contributed by atoms with Crippen molar-refractivity contribution in [3.63, 3.8) is 0 Å². The van der Waals surface area contributed by atoms with E-state index in [9.17, 15) is 4.79 Å². The quantitative estimate of drug-likeness (QED) is 0.924. The van der Waals surface area contributed by atoms with Gasteiger partial charge in [-0.1, -0.05) is 18.2 Å². The number of ether oxygens (including phenoxy) is 2. The normalized spacial score (nSPS) is 18.3. The highest BCUT2D eigenvalue weighted by Crippen LogP contribution is 2.28. The predicted octanol–water partition coefficient (Wildman–Crippen LogP) is 3.02. The number of hydrogen-bond acceptors (Lipinski definition) is 4. The maximum atomic E-state index is 11.9. The Hall–Kier alpha value is -2.08. The van der Waals surface area contributed by atoms with Crippen LogP contribution >= 0.6 is 0 Å². The summed E-state index contributed by atoms with van der Waals surface area (Å²) in [7, 11) is 0. The van der Waals surface area contributed by atoms with Crippen molar-refractivity contribution in [3.05, 3.63) is 30.0 Å². The van der Waals surface area contributed by atoms with Crippen LogP contribution < -0.4 is 5.32 Å². The minimum absolute atomic E-state index is 0.225. The molecule has 0 aliphatic carbocycles. The van der Waals surface area contributed by atoms with E-state index in [0.29, 0.717) is 13.2 Å². The van der Waals surface area contributed by atoms with Crippen molar-refractivity contribution in [2.75, 3.05) is 13.2 Å². The molecule has 1 N–H and O–H groups in total. The van der Waals surface area contributed by atoms with Gasteiger partial charge in [0, 0.05) is 18.5 Å². The lowest BCUT2D eigenvalue weighted by atomic mass is 10.1. The summed E-state index contributed by atoms with van der Waals surface area (Å²) in [5, 5.41) is 8.52. The second-order valence-corrected chi connectivity index (χ2v) is 6.72. The summed E-state index contributed by atoms with van der Waals surface area (Å²) in [6.07, 6.45) is 0.252. The molecule has 0 saturated carbocycles. The van der Waals surface area contributed by atoms with Crippen LogP contribution in [0.25, 0.3) is 10.9 Å². The minimum Gasteiger partial charge on any atom is -0.444 e. The summed E-state index contributed by atoms with van der Waals surface area (Å²) in [5.74, 6) is 0.